The van der Waals surface area contributed by atoms with Gasteiger partial charge in [-0.3, -0.25) is 0 Å². The zero-order chi connectivity index (χ0) is 26.9. The van der Waals surface area contributed by atoms with Crippen molar-refractivity contribution in [3.8, 4) is 0 Å². The van der Waals surface area contributed by atoms with Gasteiger partial charge in [-0.2, -0.15) is 0 Å². The Hall–Kier alpha value is -4.02. The first-order chi connectivity index (χ1) is 19.0. The van der Waals surface area contributed by atoms with Gasteiger partial charge in [-0.1, -0.05) is 54.8 Å². The number of thioether (sulfide) groups is 1. The fraction of sp³-hybridized carbons (Fsp3) is 0.171. The molecule has 0 saturated heterocycles. The molecule has 0 fully saturated rings. The number of nitrogens with zero attached hydrogens (tertiary/aromatic N) is 1. The molecule has 1 aliphatic heterocycles. The van der Waals surface area contributed by atoms with Gasteiger partial charge in [-0.25, -0.2) is 0 Å². The molecule has 6 rings (SSSR count). The van der Waals surface area contributed by atoms with Crippen LogP contribution in [0.4, 0.5) is 17.1 Å². The van der Waals surface area contributed by atoms with Crippen LogP contribution in [-0.2, 0) is 12.8 Å². The lowest BCUT2D eigenvalue weighted by atomic mass is 9.96. The van der Waals surface area contributed by atoms with E-state index in [1.807, 2.05) is 32.1 Å². The quantitative estimate of drug-likeness (QED) is 0.262. The highest BCUT2D eigenvalue weighted by atomic mass is 32.2. The first kappa shape index (κ1) is 25.3. The second kappa shape index (κ2) is 10.6. The van der Waals surface area contributed by atoms with Gasteiger partial charge in [0, 0.05) is 56.7 Å². The van der Waals surface area contributed by atoms with E-state index in [4.69, 9.17) is 9.83 Å². The molecule has 194 valence electrons. The minimum atomic E-state index is 0.541. The number of furan rings is 1. The van der Waals surface area contributed by atoms with Gasteiger partial charge >= 0.3 is 0 Å². The highest BCUT2D eigenvalue weighted by molar-refractivity contribution is 8.02. The van der Waals surface area contributed by atoms with Crippen LogP contribution in [0, 0.1) is 5.41 Å². The normalized spacial score (nSPS) is 16.4. The Kier molecular flexibility index (Phi) is 6.88. The number of allylic oxidation sites excluding steroid dienone is 5. The van der Waals surface area contributed by atoms with E-state index in [1.165, 1.54) is 28.7 Å². The molecule has 1 aliphatic carbocycles. The molecule has 0 bridgehead atoms. The molecule has 2 aliphatic rings. The first-order valence-corrected chi connectivity index (χ1v) is 14.4. The molecule has 3 aromatic carbocycles. The molecule has 0 amide bonds. The molecule has 3 nitrogen and oxygen atoms in total. The maximum atomic E-state index is 8.48. The van der Waals surface area contributed by atoms with Gasteiger partial charge in [0.15, 0.2) is 0 Å². The molecular formula is C35H32N2OS. The molecule has 0 spiro atoms. The molecular weight excluding hydrogens is 496 g/mol. The highest BCUT2D eigenvalue weighted by Crippen LogP contribution is 2.42. The lowest BCUT2D eigenvalue weighted by Gasteiger charge is -2.27. The number of anilines is 3. The topological polar surface area (TPSA) is 40.2 Å². The summed E-state index contributed by atoms with van der Waals surface area (Å²) in [5.74, 6) is 1.15. The van der Waals surface area contributed by atoms with E-state index in [2.05, 4.69) is 83.6 Å². The maximum Gasteiger partial charge on any atom is 0.136 e. The Labute approximate surface area is 234 Å². The van der Waals surface area contributed by atoms with Crippen LogP contribution in [0.2, 0.25) is 0 Å². The third-order valence-corrected chi connectivity index (χ3v) is 8.40. The average molecular weight is 529 g/mol. The van der Waals surface area contributed by atoms with Crippen molar-refractivity contribution in [3.63, 3.8) is 0 Å². The fourth-order valence-electron chi connectivity index (χ4n) is 5.60. The SMILES string of the molecule is C=C1/C=C\C=C/Sc2ccc(N(c3ccc(/C=C\C)c(C(C)=N)c3)c3ccc4c5c(oc4c3)CCCC5)cc21. The smallest absolute Gasteiger partial charge is 0.136 e. The standard InChI is InChI=1S/C35H32N2OS/c1-4-9-25-13-14-26(21-32(25)24(3)36)37(27-16-18-35-31(20-27)23(2)10-7-8-19-39-35)28-15-17-30-29-11-5-6-12-33(29)38-34(30)22-28/h4,7-10,13-22,36H,2,5-6,11-12H2,1,3H3/b9-4-,10-7-,19-8-,36-24?. The van der Waals surface area contributed by atoms with E-state index in [9.17, 15) is 0 Å². The lowest BCUT2D eigenvalue weighted by Crippen LogP contribution is -2.12. The Balaban J connectivity index is 1.55. The Morgan fingerprint density at radius 3 is 2.59 bits per heavy atom. The summed E-state index contributed by atoms with van der Waals surface area (Å²) in [7, 11) is 0. The van der Waals surface area contributed by atoms with Crippen molar-refractivity contribution >= 4 is 57.2 Å². The number of benzene rings is 3. The lowest BCUT2D eigenvalue weighted by molar-refractivity contribution is 0.506. The second-order valence-corrected chi connectivity index (χ2v) is 11.1. The number of hydrogen-bond donors (Lipinski definition) is 1. The van der Waals surface area contributed by atoms with Crippen molar-refractivity contribution in [1.82, 2.24) is 0 Å². The molecule has 0 unspecified atom stereocenters. The number of fused-ring (bicyclic) bond motifs is 4. The van der Waals surface area contributed by atoms with Crippen LogP contribution in [0.3, 0.4) is 0 Å². The summed E-state index contributed by atoms with van der Waals surface area (Å²) >= 11 is 1.71. The van der Waals surface area contributed by atoms with E-state index >= 15 is 0 Å². The number of rotatable bonds is 5. The predicted molar refractivity (Wildman–Crippen MR) is 168 cm³/mol. The Morgan fingerprint density at radius 2 is 1.74 bits per heavy atom. The first-order valence-electron chi connectivity index (χ1n) is 13.5. The summed E-state index contributed by atoms with van der Waals surface area (Å²) < 4.78 is 6.40. The van der Waals surface area contributed by atoms with Gasteiger partial charge in [0.1, 0.15) is 11.3 Å². The molecule has 1 aromatic heterocycles. The summed E-state index contributed by atoms with van der Waals surface area (Å²) in [4.78, 5) is 3.45. The fourth-order valence-corrected chi connectivity index (χ4v) is 6.38. The van der Waals surface area contributed by atoms with Crippen LogP contribution in [0.25, 0.3) is 22.6 Å². The summed E-state index contributed by atoms with van der Waals surface area (Å²) in [6.07, 6.45) is 14.7. The molecule has 0 saturated carbocycles. The van der Waals surface area contributed by atoms with Crippen molar-refractivity contribution in [1.29, 1.82) is 5.41 Å². The van der Waals surface area contributed by atoms with Crippen molar-refractivity contribution in [3.05, 3.63) is 119 Å². The molecule has 2 heterocycles. The Morgan fingerprint density at radius 1 is 0.974 bits per heavy atom. The van der Waals surface area contributed by atoms with Crippen LogP contribution in [0.15, 0.2) is 100 Å². The van der Waals surface area contributed by atoms with Gasteiger partial charge in [-0.05, 0) is 97.7 Å². The molecule has 39 heavy (non-hydrogen) atoms. The van der Waals surface area contributed by atoms with Gasteiger partial charge in [0.05, 0.1) is 0 Å². The van der Waals surface area contributed by atoms with Gasteiger partial charge in [0.25, 0.3) is 0 Å². The summed E-state index contributed by atoms with van der Waals surface area (Å²) in [5, 5.41) is 11.8. The zero-order valence-corrected chi connectivity index (χ0v) is 23.3. The maximum absolute atomic E-state index is 8.48. The van der Waals surface area contributed by atoms with Gasteiger partial charge in [0.2, 0.25) is 0 Å². The van der Waals surface area contributed by atoms with Crippen molar-refractivity contribution < 1.29 is 4.42 Å². The monoisotopic (exact) mass is 528 g/mol. The summed E-state index contributed by atoms with van der Waals surface area (Å²) in [6.45, 7) is 8.20. The van der Waals surface area contributed by atoms with E-state index in [-0.39, 0.29) is 0 Å². The summed E-state index contributed by atoms with van der Waals surface area (Å²) in [5.41, 5.74) is 9.99. The Bertz CT molecular complexity index is 1700. The van der Waals surface area contributed by atoms with E-state index in [0.717, 1.165) is 63.5 Å². The van der Waals surface area contributed by atoms with Crippen molar-refractivity contribution in [2.75, 3.05) is 4.90 Å². The second-order valence-electron chi connectivity index (χ2n) is 10.1. The average Bonchev–Trinajstić information content (AvgIpc) is 3.31. The minimum Gasteiger partial charge on any atom is -0.461 e. The molecule has 4 heteroatoms. The largest absolute Gasteiger partial charge is 0.461 e. The van der Waals surface area contributed by atoms with Crippen LogP contribution >= 0.6 is 11.8 Å². The third kappa shape index (κ3) is 4.81. The van der Waals surface area contributed by atoms with Crippen molar-refractivity contribution in [2.24, 2.45) is 0 Å². The van der Waals surface area contributed by atoms with E-state index < -0.39 is 0 Å². The number of nitrogens with one attached hydrogen (secondary N) is 1. The van der Waals surface area contributed by atoms with Gasteiger partial charge in [-0.15, -0.1) is 0 Å². The number of hydrogen-bond acceptors (Lipinski definition) is 4. The van der Waals surface area contributed by atoms with E-state index in [1.54, 1.807) is 11.8 Å². The van der Waals surface area contributed by atoms with Gasteiger partial charge < -0.3 is 14.7 Å². The van der Waals surface area contributed by atoms with Crippen LogP contribution in [0.5, 0.6) is 0 Å². The molecule has 4 aromatic rings. The minimum absolute atomic E-state index is 0.541. The predicted octanol–water partition coefficient (Wildman–Crippen LogP) is 10.4. The van der Waals surface area contributed by atoms with Crippen molar-refractivity contribution in [2.45, 2.75) is 44.4 Å². The zero-order valence-electron chi connectivity index (χ0n) is 22.5. The van der Waals surface area contributed by atoms with Crippen LogP contribution < -0.4 is 4.90 Å². The highest BCUT2D eigenvalue weighted by Gasteiger charge is 2.21. The van der Waals surface area contributed by atoms with Crippen LogP contribution in [0.1, 0.15) is 54.7 Å². The molecule has 0 radical (unpaired) electrons. The molecule has 1 N–H and O–H groups in total. The summed E-state index contributed by atoms with van der Waals surface area (Å²) in [6, 6.07) is 19.5. The number of aryl methyl sites for hydroxylation is 2. The molecule has 0 atom stereocenters. The van der Waals surface area contributed by atoms with E-state index in [0.29, 0.717) is 5.71 Å². The van der Waals surface area contributed by atoms with Crippen LogP contribution in [-0.4, -0.2) is 5.71 Å². The third-order valence-electron chi connectivity index (χ3n) is 7.49.